The summed E-state index contributed by atoms with van der Waals surface area (Å²) in [4.78, 5) is 24.4. The zero-order valence-corrected chi connectivity index (χ0v) is 13.7. The smallest absolute Gasteiger partial charge is 0.287 e. The van der Waals surface area contributed by atoms with Gasteiger partial charge >= 0.3 is 0 Å². The molecule has 8 heteroatoms. The molecule has 0 spiro atoms. The average molecular weight is 354 g/mol. The Morgan fingerprint density at radius 3 is 2.67 bits per heavy atom. The number of carbonyl (C=O) groups is 2. The van der Waals surface area contributed by atoms with Crippen molar-refractivity contribution in [2.24, 2.45) is 0 Å². The first-order chi connectivity index (χ1) is 11.5. The van der Waals surface area contributed by atoms with E-state index in [1.165, 1.54) is 30.2 Å². The molecular formula is C16H16F2N2O3S. The Kier molecular flexibility index (Phi) is 6.36. The number of amides is 2. The molecule has 5 nitrogen and oxygen atoms in total. The molecule has 0 saturated carbocycles. The predicted octanol–water partition coefficient (Wildman–Crippen LogP) is 3.05. The van der Waals surface area contributed by atoms with Crippen LogP contribution in [0, 0.1) is 11.6 Å². The van der Waals surface area contributed by atoms with E-state index >= 15 is 0 Å². The molecule has 1 aromatic carbocycles. The van der Waals surface area contributed by atoms with Crippen molar-refractivity contribution in [2.45, 2.75) is 12.5 Å². The zero-order valence-electron chi connectivity index (χ0n) is 12.8. The van der Waals surface area contributed by atoms with Gasteiger partial charge in [0.15, 0.2) is 17.4 Å². The number of thioether (sulfide) groups is 1. The molecule has 1 atom stereocenters. The number of nitrogens with one attached hydrogen (secondary N) is 2. The van der Waals surface area contributed by atoms with Crippen LogP contribution in [0.15, 0.2) is 41.0 Å². The van der Waals surface area contributed by atoms with Gasteiger partial charge in [0.05, 0.1) is 6.26 Å². The third kappa shape index (κ3) is 4.82. The summed E-state index contributed by atoms with van der Waals surface area (Å²) in [7, 11) is 0. The van der Waals surface area contributed by atoms with Gasteiger partial charge in [0.2, 0.25) is 5.91 Å². The number of anilines is 1. The van der Waals surface area contributed by atoms with Crippen molar-refractivity contribution in [3.8, 4) is 0 Å². The summed E-state index contributed by atoms with van der Waals surface area (Å²) in [5.41, 5.74) is 0.111. The molecule has 0 aliphatic heterocycles. The molecule has 0 fully saturated rings. The lowest BCUT2D eigenvalue weighted by molar-refractivity contribution is -0.118. The highest BCUT2D eigenvalue weighted by Gasteiger charge is 2.22. The van der Waals surface area contributed by atoms with E-state index in [1.54, 1.807) is 6.07 Å². The van der Waals surface area contributed by atoms with E-state index in [9.17, 15) is 18.4 Å². The van der Waals surface area contributed by atoms with E-state index in [1.807, 2.05) is 6.26 Å². The minimum absolute atomic E-state index is 0.0878. The summed E-state index contributed by atoms with van der Waals surface area (Å²) in [5.74, 6) is -2.38. The van der Waals surface area contributed by atoms with Gasteiger partial charge in [0.25, 0.3) is 5.91 Å². The standard InChI is InChI=1S/C16H16F2N2O3S/c1-24-8-6-13(20-16(22)14-3-2-7-23-14)15(21)19-10-4-5-11(17)12(18)9-10/h2-5,7,9,13H,6,8H2,1H3,(H,19,21)(H,20,22). The Morgan fingerprint density at radius 1 is 1.25 bits per heavy atom. The van der Waals surface area contributed by atoms with E-state index < -0.39 is 29.5 Å². The SMILES string of the molecule is CSCCC(NC(=O)c1ccco1)C(=O)Nc1ccc(F)c(F)c1. The first-order valence-electron chi connectivity index (χ1n) is 7.10. The van der Waals surface area contributed by atoms with Crippen LogP contribution >= 0.6 is 11.8 Å². The minimum Gasteiger partial charge on any atom is -0.459 e. The summed E-state index contributed by atoms with van der Waals surface area (Å²) in [6.45, 7) is 0. The molecule has 24 heavy (non-hydrogen) atoms. The van der Waals surface area contributed by atoms with Gasteiger partial charge in [-0.2, -0.15) is 11.8 Å². The first-order valence-corrected chi connectivity index (χ1v) is 8.50. The molecule has 2 rings (SSSR count). The number of hydrogen-bond donors (Lipinski definition) is 2. The van der Waals surface area contributed by atoms with Crippen molar-refractivity contribution in [3.63, 3.8) is 0 Å². The average Bonchev–Trinajstić information content (AvgIpc) is 3.09. The predicted molar refractivity (Wildman–Crippen MR) is 87.9 cm³/mol. The highest BCUT2D eigenvalue weighted by atomic mass is 32.2. The van der Waals surface area contributed by atoms with Crippen LogP contribution in [0.5, 0.6) is 0 Å². The maximum Gasteiger partial charge on any atom is 0.287 e. The molecule has 2 amide bonds. The van der Waals surface area contributed by atoms with Crippen molar-refractivity contribution in [2.75, 3.05) is 17.3 Å². The number of benzene rings is 1. The largest absolute Gasteiger partial charge is 0.459 e. The molecule has 0 aliphatic carbocycles. The van der Waals surface area contributed by atoms with Crippen LogP contribution < -0.4 is 10.6 Å². The molecule has 128 valence electrons. The van der Waals surface area contributed by atoms with Crippen molar-refractivity contribution in [1.82, 2.24) is 5.32 Å². The van der Waals surface area contributed by atoms with Gasteiger partial charge in [-0.25, -0.2) is 8.78 Å². The lowest BCUT2D eigenvalue weighted by Crippen LogP contribution is -2.44. The molecular weight excluding hydrogens is 338 g/mol. The molecule has 0 saturated heterocycles. The van der Waals surface area contributed by atoms with Crippen LogP contribution in [-0.4, -0.2) is 29.9 Å². The van der Waals surface area contributed by atoms with Crippen molar-refractivity contribution in [3.05, 3.63) is 54.0 Å². The Balaban J connectivity index is 2.06. The van der Waals surface area contributed by atoms with Crippen LogP contribution in [0.4, 0.5) is 14.5 Å². The van der Waals surface area contributed by atoms with Gasteiger partial charge in [0.1, 0.15) is 6.04 Å². The number of halogens is 2. The van der Waals surface area contributed by atoms with Crippen LogP contribution in [-0.2, 0) is 4.79 Å². The Labute approximate surface area is 141 Å². The van der Waals surface area contributed by atoms with Crippen LogP contribution in [0.25, 0.3) is 0 Å². The Hall–Kier alpha value is -2.35. The monoisotopic (exact) mass is 354 g/mol. The number of rotatable bonds is 7. The molecule has 2 N–H and O–H groups in total. The van der Waals surface area contributed by atoms with Crippen LogP contribution in [0.1, 0.15) is 17.0 Å². The molecule has 2 aromatic rings. The summed E-state index contributed by atoms with van der Waals surface area (Å²) in [6.07, 6.45) is 3.61. The zero-order chi connectivity index (χ0) is 17.5. The summed E-state index contributed by atoms with van der Waals surface area (Å²) < 4.78 is 31.1. The van der Waals surface area contributed by atoms with E-state index in [2.05, 4.69) is 10.6 Å². The van der Waals surface area contributed by atoms with Gasteiger partial charge in [-0.05, 0) is 42.7 Å². The highest BCUT2D eigenvalue weighted by molar-refractivity contribution is 7.98. The fourth-order valence-electron chi connectivity index (χ4n) is 1.94. The molecule has 0 radical (unpaired) electrons. The van der Waals surface area contributed by atoms with Gasteiger partial charge in [-0.1, -0.05) is 0 Å². The van der Waals surface area contributed by atoms with Crippen molar-refractivity contribution in [1.29, 1.82) is 0 Å². The topological polar surface area (TPSA) is 71.3 Å². The first kappa shape index (κ1) is 18.0. The number of carbonyl (C=O) groups excluding carboxylic acids is 2. The van der Waals surface area contributed by atoms with Gasteiger partial charge < -0.3 is 15.1 Å². The maximum absolute atomic E-state index is 13.2. The summed E-state index contributed by atoms with van der Waals surface area (Å²) >= 11 is 1.52. The highest BCUT2D eigenvalue weighted by Crippen LogP contribution is 2.14. The van der Waals surface area contributed by atoms with E-state index in [0.717, 1.165) is 12.1 Å². The van der Waals surface area contributed by atoms with E-state index in [-0.39, 0.29) is 11.4 Å². The fraction of sp³-hybridized carbons (Fsp3) is 0.250. The Bertz CT molecular complexity index is 707. The fourth-order valence-corrected chi connectivity index (χ4v) is 2.42. The molecule has 1 aromatic heterocycles. The number of hydrogen-bond acceptors (Lipinski definition) is 4. The van der Waals surface area contributed by atoms with Crippen LogP contribution in [0.2, 0.25) is 0 Å². The van der Waals surface area contributed by atoms with Crippen LogP contribution in [0.3, 0.4) is 0 Å². The lowest BCUT2D eigenvalue weighted by Gasteiger charge is -2.17. The van der Waals surface area contributed by atoms with Crippen molar-refractivity contribution >= 4 is 29.3 Å². The molecule has 1 unspecified atom stereocenters. The maximum atomic E-state index is 13.2. The molecule has 0 aliphatic rings. The summed E-state index contributed by atoms with van der Waals surface area (Å²) in [5, 5.41) is 5.04. The second-order valence-electron chi connectivity index (χ2n) is 4.90. The van der Waals surface area contributed by atoms with E-state index in [4.69, 9.17) is 4.42 Å². The van der Waals surface area contributed by atoms with Crippen molar-refractivity contribution < 1.29 is 22.8 Å². The normalized spacial score (nSPS) is 11.8. The summed E-state index contributed by atoms with van der Waals surface area (Å²) in [6, 6.07) is 5.26. The second kappa shape index (κ2) is 8.49. The minimum atomic E-state index is -1.06. The molecule has 1 heterocycles. The third-order valence-electron chi connectivity index (χ3n) is 3.16. The van der Waals surface area contributed by atoms with Gasteiger partial charge in [-0.3, -0.25) is 9.59 Å². The quantitative estimate of drug-likeness (QED) is 0.802. The third-order valence-corrected chi connectivity index (χ3v) is 3.81. The Morgan fingerprint density at radius 2 is 2.04 bits per heavy atom. The molecule has 0 bridgehead atoms. The van der Waals surface area contributed by atoms with Gasteiger partial charge in [-0.15, -0.1) is 0 Å². The number of furan rings is 1. The van der Waals surface area contributed by atoms with Gasteiger partial charge in [0, 0.05) is 11.8 Å². The second-order valence-corrected chi connectivity index (χ2v) is 5.89. The lowest BCUT2D eigenvalue weighted by atomic mass is 10.2. The van der Waals surface area contributed by atoms with E-state index in [0.29, 0.717) is 12.2 Å².